The molecule has 0 bridgehead atoms. The van der Waals surface area contributed by atoms with Crippen molar-refractivity contribution in [1.82, 2.24) is 25.4 Å². The molecule has 1 aromatic heterocycles. The lowest BCUT2D eigenvalue weighted by Gasteiger charge is -2.17. The number of aliphatic imine (C=N–C) groups is 1. The molecule has 2 aliphatic heterocycles. The monoisotopic (exact) mass is 352 g/mol. The second-order valence-electron chi connectivity index (χ2n) is 6.42. The molecule has 2 atom stereocenters. The highest BCUT2D eigenvalue weighted by Crippen LogP contribution is 2.25. The summed E-state index contributed by atoms with van der Waals surface area (Å²) in [5.74, 6) is 3.91. The fourth-order valence-electron chi connectivity index (χ4n) is 2.94. The van der Waals surface area contributed by atoms with Gasteiger partial charge in [-0.05, 0) is 38.4 Å². The van der Waals surface area contributed by atoms with Crippen LogP contribution in [0.25, 0.3) is 0 Å². The van der Waals surface area contributed by atoms with E-state index in [0.29, 0.717) is 17.9 Å². The molecule has 0 radical (unpaired) electrons. The normalized spacial score (nSPS) is 24.5. The second kappa shape index (κ2) is 8.71. The smallest absolute Gasteiger partial charge is 0.191 e. The quantitative estimate of drug-likeness (QED) is 0.592. The van der Waals surface area contributed by atoms with Crippen LogP contribution in [0.4, 0.5) is 0 Å². The highest BCUT2D eigenvalue weighted by atomic mass is 32.2. The maximum absolute atomic E-state index is 5.69. The summed E-state index contributed by atoms with van der Waals surface area (Å²) in [7, 11) is 1.97. The van der Waals surface area contributed by atoms with E-state index in [0.717, 1.165) is 50.1 Å². The Morgan fingerprint density at radius 3 is 2.83 bits per heavy atom. The van der Waals surface area contributed by atoms with E-state index in [-0.39, 0.29) is 0 Å². The molecule has 2 unspecified atom stereocenters. The summed E-state index contributed by atoms with van der Waals surface area (Å²) in [6, 6.07) is 0. The maximum Gasteiger partial charge on any atom is 0.191 e. The van der Waals surface area contributed by atoms with E-state index in [4.69, 9.17) is 9.73 Å². The summed E-state index contributed by atoms with van der Waals surface area (Å²) in [4.78, 5) is 4.70. The molecule has 134 valence electrons. The number of aryl methyl sites for hydroxylation is 1. The minimum absolute atomic E-state index is 0.301. The predicted octanol–water partition coefficient (Wildman–Crippen LogP) is 1.23. The van der Waals surface area contributed by atoms with Gasteiger partial charge in [0.15, 0.2) is 11.8 Å². The van der Waals surface area contributed by atoms with Gasteiger partial charge in [0, 0.05) is 32.0 Å². The van der Waals surface area contributed by atoms with Crippen molar-refractivity contribution in [2.45, 2.75) is 50.5 Å². The van der Waals surface area contributed by atoms with Crippen LogP contribution in [0.3, 0.4) is 0 Å². The van der Waals surface area contributed by atoms with Crippen LogP contribution in [0.2, 0.25) is 0 Å². The summed E-state index contributed by atoms with van der Waals surface area (Å²) in [5.41, 5.74) is 0. The lowest BCUT2D eigenvalue weighted by atomic mass is 10.2. The highest BCUT2D eigenvalue weighted by Gasteiger charge is 2.18. The van der Waals surface area contributed by atoms with Crippen molar-refractivity contribution in [2.24, 2.45) is 12.0 Å². The molecule has 0 aromatic carbocycles. The molecule has 2 N–H and O–H groups in total. The van der Waals surface area contributed by atoms with Gasteiger partial charge in [0.25, 0.3) is 0 Å². The third-order valence-corrected chi connectivity index (χ3v) is 6.00. The molecule has 7 nitrogen and oxygen atoms in total. The number of hydrogen-bond donors (Lipinski definition) is 2. The Kier molecular flexibility index (Phi) is 6.37. The number of rotatable bonds is 6. The van der Waals surface area contributed by atoms with Crippen molar-refractivity contribution in [3.05, 3.63) is 11.6 Å². The standard InChI is InChI=1S/C16H28N6OS/c1-12-20-21-15(22(12)2)11-19-16(17-9-13-5-3-7-23-13)18-10-14-6-4-8-24-14/h13-14H,3-11H2,1-2H3,(H2,17,18,19). The predicted molar refractivity (Wildman–Crippen MR) is 97.3 cm³/mol. The van der Waals surface area contributed by atoms with Crippen LogP contribution in [-0.4, -0.2) is 57.5 Å². The van der Waals surface area contributed by atoms with Crippen molar-refractivity contribution >= 4 is 17.7 Å². The van der Waals surface area contributed by atoms with E-state index in [1.807, 2.05) is 18.5 Å². The largest absolute Gasteiger partial charge is 0.376 e. The molecule has 0 spiro atoms. The Morgan fingerprint density at radius 2 is 2.17 bits per heavy atom. The number of nitrogens with zero attached hydrogens (tertiary/aromatic N) is 4. The average molecular weight is 353 g/mol. The van der Waals surface area contributed by atoms with Crippen LogP contribution in [0.1, 0.15) is 37.3 Å². The molecule has 0 amide bonds. The van der Waals surface area contributed by atoms with Crippen LogP contribution in [-0.2, 0) is 18.3 Å². The fraction of sp³-hybridized carbons (Fsp3) is 0.812. The topological polar surface area (TPSA) is 76.4 Å². The molecule has 3 heterocycles. The zero-order chi connectivity index (χ0) is 16.8. The van der Waals surface area contributed by atoms with E-state index in [1.54, 1.807) is 0 Å². The van der Waals surface area contributed by atoms with Gasteiger partial charge in [-0.15, -0.1) is 10.2 Å². The first-order chi connectivity index (χ1) is 11.7. The van der Waals surface area contributed by atoms with Crippen LogP contribution in [0.5, 0.6) is 0 Å². The summed E-state index contributed by atoms with van der Waals surface area (Å²) in [6.45, 7) is 5.12. The molecular weight excluding hydrogens is 324 g/mol. The van der Waals surface area contributed by atoms with E-state index in [9.17, 15) is 0 Å². The summed E-state index contributed by atoms with van der Waals surface area (Å²) in [6.07, 6.45) is 5.20. The molecule has 0 saturated carbocycles. The Balaban J connectivity index is 1.56. The number of hydrogen-bond acceptors (Lipinski definition) is 5. The van der Waals surface area contributed by atoms with Crippen molar-refractivity contribution in [2.75, 3.05) is 25.4 Å². The number of ether oxygens (including phenoxy) is 1. The van der Waals surface area contributed by atoms with Crippen molar-refractivity contribution in [3.8, 4) is 0 Å². The van der Waals surface area contributed by atoms with E-state index < -0.39 is 0 Å². The van der Waals surface area contributed by atoms with Crippen LogP contribution in [0, 0.1) is 6.92 Å². The number of thioether (sulfide) groups is 1. The van der Waals surface area contributed by atoms with Gasteiger partial charge in [-0.25, -0.2) is 4.99 Å². The molecular formula is C16H28N6OS. The van der Waals surface area contributed by atoms with Gasteiger partial charge in [0.05, 0.1) is 6.10 Å². The lowest BCUT2D eigenvalue weighted by molar-refractivity contribution is 0.114. The molecule has 2 fully saturated rings. The van der Waals surface area contributed by atoms with Gasteiger partial charge < -0.3 is 19.9 Å². The third-order valence-electron chi connectivity index (χ3n) is 4.60. The molecule has 8 heteroatoms. The van der Waals surface area contributed by atoms with Crippen LogP contribution < -0.4 is 10.6 Å². The van der Waals surface area contributed by atoms with E-state index in [2.05, 4.69) is 32.6 Å². The van der Waals surface area contributed by atoms with E-state index >= 15 is 0 Å². The highest BCUT2D eigenvalue weighted by molar-refractivity contribution is 8.00. The van der Waals surface area contributed by atoms with Crippen LogP contribution in [0.15, 0.2) is 4.99 Å². The molecule has 2 aliphatic rings. The molecule has 24 heavy (non-hydrogen) atoms. The summed E-state index contributed by atoms with van der Waals surface area (Å²) < 4.78 is 7.67. The molecule has 2 saturated heterocycles. The van der Waals surface area contributed by atoms with Gasteiger partial charge in [0.2, 0.25) is 0 Å². The minimum atomic E-state index is 0.301. The molecule has 0 aliphatic carbocycles. The maximum atomic E-state index is 5.69. The van der Waals surface area contributed by atoms with Gasteiger partial charge in [-0.3, -0.25) is 0 Å². The van der Waals surface area contributed by atoms with Gasteiger partial charge in [-0.1, -0.05) is 0 Å². The van der Waals surface area contributed by atoms with Gasteiger partial charge in [0.1, 0.15) is 12.4 Å². The molecule has 3 rings (SSSR count). The van der Waals surface area contributed by atoms with E-state index in [1.165, 1.54) is 18.6 Å². The zero-order valence-electron chi connectivity index (χ0n) is 14.6. The van der Waals surface area contributed by atoms with Crippen LogP contribution >= 0.6 is 11.8 Å². The van der Waals surface area contributed by atoms with Gasteiger partial charge in [-0.2, -0.15) is 11.8 Å². The molecule has 1 aromatic rings. The Bertz CT molecular complexity index is 527. The van der Waals surface area contributed by atoms with Gasteiger partial charge >= 0.3 is 0 Å². The summed E-state index contributed by atoms with van der Waals surface area (Å²) >= 11 is 2.05. The number of aromatic nitrogens is 3. The number of nitrogens with one attached hydrogen (secondary N) is 2. The van der Waals surface area contributed by atoms with Crippen molar-refractivity contribution in [3.63, 3.8) is 0 Å². The third kappa shape index (κ3) is 4.86. The first-order valence-corrected chi connectivity index (χ1v) is 9.87. The Labute approximate surface area is 148 Å². The first-order valence-electron chi connectivity index (χ1n) is 8.82. The fourth-order valence-corrected chi connectivity index (χ4v) is 4.15. The average Bonchev–Trinajstić information content (AvgIpc) is 3.33. The second-order valence-corrected chi connectivity index (χ2v) is 7.83. The number of guanidine groups is 1. The Morgan fingerprint density at radius 1 is 1.29 bits per heavy atom. The summed E-state index contributed by atoms with van der Waals surface area (Å²) in [5, 5.41) is 15.9. The SMILES string of the molecule is Cc1nnc(CN=C(NCC2CCCO2)NCC2CCCS2)n1C. The van der Waals surface area contributed by atoms with Crippen molar-refractivity contribution < 1.29 is 4.74 Å². The minimum Gasteiger partial charge on any atom is -0.376 e. The Hall–Kier alpha value is -1.28. The zero-order valence-corrected chi connectivity index (χ0v) is 15.4. The first kappa shape index (κ1) is 17.5. The lowest BCUT2D eigenvalue weighted by Crippen LogP contribution is -2.43. The van der Waals surface area contributed by atoms with Crippen molar-refractivity contribution in [1.29, 1.82) is 0 Å².